The predicted octanol–water partition coefficient (Wildman–Crippen LogP) is 1.21. The minimum Gasteiger partial charge on any atom is -0.474 e. The Balaban J connectivity index is 3.75. The normalized spacial score (nSPS) is 13.8. The molecule has 1 atom stereocenters. The molecule has 3 nitrogen and oxygen atoms in total. The molecular weight excluding hydrogens is 152 g/mol. The van der Waals surface area contributed by atoms with E-state index in [0.29, 0.717) is 12.4 Å². The van der Waals surface area contributed by atoms with Crippen molar-refractivity contribution in [2.45, 2.75) is 39.3 Å². The molecule has 0 heterocycles. The predicted molar refractivity (Wildman–Crippen MR) is 51.6 cm³/mol. The second kappa shape index (κ2) is 4.36. The second-order valence-electron chi connectivity index (χ2n) is 3.92. The SMILES string of the molecule is C=C(NC(C)CN)OC(C)(C)C. The molecule has 0 saturated carbocycles. The third-order valence-corrected chi connectivity index (χ3v) is 1.19. The van der Waals surface area contributed by atoms with E-state index in [2.05, 4.69) is 11.9 Å². The summed E-state index contributed by atoms with van der Waals surface area (Å²) in [5.41, 5.74) is 5.23. The molecule has 0 spiro atoms. The maximum absolute atomic E-state index is 5.45. The highest BCUT2D eigenvalue weighted by Crippen LogP contribution is 2.10. The van der Waals surface area contributed by atoms with E-state index in [1.165, 1.54) is 0 Å². The third-order valence-electron chi connectivity index (χ3n) is 1.19. The molecule has 0 bridgehead atoms. The fourth-order valence-corrected chi connectivity index (χ4v) is 0.733. The van der Waals surface area contributed by atoms with Crippen LogP contribution in [0.2, 0.25) is 0 Å². The molecule has 0 aromatic heterocycles. The Kier molecular flexibility index (Phi) is 4.10. The molecule has 3 N–H and O–H groups in total. The Morgan fingerprint density at radius 2 is 2.08 bits per heavy atom. The zero-order valence-electron chi connectivity index (χ0n) is 8.48. The summed E-state index contributed by atoms with van der Waals surface area (Å²) in [7, 11) is 0. The lowest BCUT2D eigenvalue weighted by molar-refractivity contribution is 0.0392. The van der Waals surface area contributed by atoms with Crippen LogP contribution in [0, 0.1) is 0 Å². The quantitative estimate of drug-likeness (QED) is 0.627. The maximum atomic E-state index is 5.45. The van der Waals surface area contributed by atoms with Gasteiger partial charge in [0.2, 0.25) is 0 Å². The van der Waals surface area contributed by atoms with Crippen molar-refractivity contribution in [3.05, 3.63) is 12.5 Å². The van der Waals surface area contributed by atoms with Crippen LogP contribution >= 0.6 is 0 Å². The summed E-state index contributed by atoms with van der Waals surface area (Å²) in [6, 6.07) is 0.208. The topological polar surface area (TPSA) is 47.3 Å². The maximum Gasteiger partial charge on any atom is 0.180 e. The van der Waals surface area contributed by atoms with Crippen LogP contribution in [0.4, 0.5) is 0 Å². The Morgan fingerprint density at radius 1 is 1.58 bits per heavy atom. The summed E-state index contributed by atoms with van der Waals surface area (Å²) in [6.45, 7) is 12.2. The van der Waals surface area contributed by atoms with Crippen LogP contribution in [-0.2, 0) is 4.74 Å². The van der Waals surface area contributed by atoms with Crippen molar-refractivity contribution >= 4 is 0 Å². The molecule has 0 aromatic rings. The Hall–Kier alpha value is -0.700. The Labute approximate surface area is 75.0 Å². The highest BCUT2D eigenvalue weighted by atomic mass is 16.5. The van der Waals surface area contributed by atoms with Gasteiger partial charge in [0, 0.05) is 12.6 Å². The van der Waals surface area contributed by atoms with Gasteiger partial charge < -0.3 is 15.8 Å². The van der Waals surface area contributed by atoms with E-state index in [1.54, 1.807) is 0 Å². The van der Waals surface area contributed by atoms with Crippen LogP contribution in [-0.4, -0.2) is 18.2 Å². The Morgan fingerprint density at radius 3 is 2.42 bits per heavy atom. The van der Waals surface area contributed by atoms with Crippen LogP contribution in [0.1, 0.15) is 27.7 Å². The lowest BCUT2D eigenvalue weighted by Crippen LogP contribution is -2.35. The summed E-state index contributed by atoms with van der Waals surface area (Å²) in [5.74, 6) is 0.584. The average molecular weight is 172 g/mol. The van der Waals surface area contributed by atoms with Crippen LogP contribution in [0.5, 0.6) is 0 Å². The zero-order chi connectivity index (χ0) is 9.78. The van der Waals surface area contributed by atoms with Crippen molar-refractivity contribution in [2.75, 3.05) is 6.54 Å². The van der Waals surface area contributed by atoms with Gasteiger partial charge in [-0.25, -0.2) is 0 Å². The van der Waals surface area contributed by atoms with E-state index in [1.807, 2.05) is 27.7 Å². The van der Waals surface area contributed by atoms with Crippen molar-refractivity contribution in [1.82, 2.24) is 5.32 Å². The minimum absolute atomic E-state index is 0.196. The standard InChI is InChI=1S/C9H20N2O/c1-7(6-10)11-8(2)12-9(3,4)5/h7,11H,2,6,10H2,1,3-5H3. The number of nitrogens with two attached hydrogens (primary N) is 1. The van der Waals surface area contributed by atoms with Gasteiger partial charge in [0.05, 0.1) is 0 Å². The molecular formula is C9H20N2O. The first-order chi connectivity index (χ1) is 5.35. The van der Waals surface area contributed by atoms with Gasteiger partial charge in [-0.05, 0) is 34.3 Å². The first-order valence-corrected chi connectivity index (χ1v) is 4.19. The van der Waals surface area contributed by atoms with Crippen molar-refractivity contribution in [3.8, 4) is 0 Å². The third kappa shape index (κ3) is 6.04. The summed E-state index contributed by atoms with van der Waals surface area (Å²) in [5, 5.41) is 3.04. The fourth-order valence-electron chi connectivity index (χ4n) is 0.733. The van der Waals surface area contributed by atoms with E-state index in [9.17, 15) is 0 Å². The molecule has 0 saturated heterocycles. The number of hydrogen-bond acceptors (Lipinski definition) is 3. The molecule has 12 heavy (non-hydrogen) atoms. The molecule has 72 valence electrons. The Bertz CT molecular complexity index is 149. The molecule has 1 unspecified atom stereocenters. The zero-order valence-corrected chi connectivity index (χ0v) is 8.48. The van der Waals surface area contributed by atoms with E-state index >= 15 is 0 Å². The molecule has 0 rings (SSSR count). The number of hydrogen-bond donors (Lipinski definition) is 2. The summed E-state index contributed by atoms with van der Waals surface area (Å²) in [4.78, 5) is 0. The van der Waals surface area contributed by atoms with E-state index in [4.69, 9.17) is 10.5 Å². The van der Waals surface area contributed by atoms with Crippen molar-refractivity contribution in [3.63, 3.8) is 0 Å². The largest absolute Gasteiger partial charge is 0.474 e. The number of nitrogens with one attached hydrogen (secondary N) is 1. The van der Waals surface area contributed by atoms with Gasteiger partial charge in [-0.15, -0.1) is 0 Å². The summed E-state index contributed by atoms with van der Waals surface area (Å²) >= 11 is 0. The molecule has 0 aliphatic rings. The van der Waals surface area contributed by atoms with E-state index < -0.39 is 0 Å². The van der Waals surface area contributed by atoms with Crippen LogP contribution in [0.15, 0.2) is 12.5 Å². The summed E-state index contributed by atoms with van der Waals surface area (Å²) in [6.07, 6.45) is 0. The lowest BCUT2D eigenvalue weighted by Gasteiger charge is -2.25. The average Bonchev–Trinajstić information content (AvgIpc) is 1.82. The van der Waals surface area contributed by atoms with Gasteiger partial charge in [0.1, 0.15) is 5.60 Å². The van der Waals surface area contributed by atoms with Gasteiger partial charge in [-0.2, -0.15) is 0 Å². The second-order valence-corrected chi connectivity index (χ2v) is 3.92. The number of rotatable bonds is 4. The van der Waals surface area contributed by atoms with Crippen molar-refractivity contribution in [2.24, 2.45) is 5.73 Å². The smallest absolute Gasteiger partial charge is 0.180 e. The van der Waals surface area contributed by atoms with Gasteiger partial charge in [0.25, 0.3) is 0 Å². The fraction of sp³-hybridized carbons (Fsp3) is 0.778. The summed E-state index contributed by atoms with van der Waals surface area (Å²) < 4.78 is 5.45. The molecule has 0 fully saturated rings. The minimum atomic E-state index is -0.196. The number of ether oxygens (including phenoxy) is 1. The van der Waals surface area contributed by atoms with E-state index in [0.717, 1.165) is 0 Å². The molecule has 0 aliphatic heterocycles. The van der Waals surface area contributed by atoms with E-state index in [-0.39, 0.29) is 11.6 Å². The molecule has 0 aromatic carbocycles. The molecule has 0 radical (unpaired) electrons. The molecule has 3 heteroatoms. The van der Waals surface area contributed by atoms with Crippen molar-refractivity contribution < 1.29 is 4.74 Å². The first-order valence-electron chi connectivity index (χ1n) is 4.19. The highest BCUT2D eigenvalue weighted by Gasteiger charge is 2.12. The van der Waals surface area contributed by atoms with Gasteiger partial charge in [-0.3, -0.25) is 0 Å². The van der Waals surface area contributed by atoms with Gasteiger partial charge in [-0.1, -0.05) is 0 Å². The van der Waals surface area contributed by atoms with Crippen LogP contribution in [0.25, 0.3) is 0 Å². The van der Waals surface area contributed by atoms with Gasteiger partial charge in [0.15, 0.2) is 5.88 Å². The first kappa shape index (κ1) is 11.3. The monoisotopic (exact) mass is 172 g/mol. The van der Waals surface area contributed by atoms with Crippen LogP contribution in [0.3, 0.4) is 0 Å². The molecule has 0 aliphatic carbocycles. The van der Waals surface area contributed by atoms with Crippen molar-refractivity contribution in [1.29, 1.82) is 0 Å². The van der Waals surface area contributed by atoms with Crippen LogP contribution < -0.4 is 11.1 Å². The molecule has 0 amide bonds. The highest BCUT2D eigenvalue weighted by molar-refractivity contribution is 4.85. The van der Waals surface area contributed by atoms with Gasteiger partial charge >= 0.3 is 0 Å². The lowest BCUT2D eigenvalue weighted by atomic mass is 10.2.